The lowest BCUT2D eigenvalue weighted by molar-refractivity contribution is 0.0697. The van der Waals surface area contributed by atoms with Crippen molar-refractivity contribution in [1.82, 2.24) is 28.7 Å². The van der Waals surface area contributed by atoms with E-state index in [1.807, 2.05) is 21.5 Å². The number of hydrogen-bond acceptors (Lipinski definition) is 12. The summed E-state index contributed by atoms with van der Waals surface area (Å²) in [6.07, 6.45) is 12.6. The Hall–Kier alpha value is -5.29. The molecule has 0 radical (unpaired) electrons. The summed E-state index contributed by atoms with van der Waals surface area (Å²) in [4.78, 5) is 34.5. The van der Waals surface area contributed by atoms with Gasteiger partial charge in [0, 0.05) is 75.0 Å². The van der Waals surface area contributed by atoms with Gasteiger partial charge in [-0.1, -0.05) is 0 Å². The molecular weight excluding hydrogens is 661 g/mol. The molecule has 4 N–H and O–H groups in total. The number of nitrogens with zero attached hydrogens (tertiary/aromatic N) is 6. The molecule has 15 nitrogen and oxygen atoms in total. The molecule has 0 aliphatic carbocycles. The van der Waals surface area contributed by atoms with E-state index in [4.69, 9.17) is 42.0 Å². The second kappa shape index (κ2) is 18.8. The number of carbonyl (C=O) groups is 1. The number of aromatic amines is 1. The molecule has 5 rings (SSSR count). The Morgan fingerprint density at radius 1 is 0.875 bits per heavy atom. The number of imidazole rings is 2. The molecule has 2 aromatic carbocycles. The van der Waals surface area contributed by atoms with E-state index in [2.05, 4.69) is 31.7 Å². The van der Waals surface area contributed by atoms with E-state index in [0.29, 0.717) is 45.2 Å². The van der Waals surface area contributed by atoms with E-state index < -0.39 is 5.97 Å². The van der Waals surface area contributed by atoms with Crippen molar-refractivity contribution in [3.05, 3.63) is 82.4 Å². The molecule has 0 spiro atoms. The van der Waals surface area contributed by atoms with Crippen LogP contribution in [0.4, 0.5) is 5.69 Å². The van der Waals surface area contributed by atoms with E-state index in [0.717, 1.165) is 32.5 Å². The topological polar surface area (TPSA) is 186 Å². The average molecular weight is 699 g/mol. The fourth-order valence-corrected chi connectivity index (χ4v) is 4.84. The molecule has 0 atom stereocenters. The van der Waals surface area contributed by atoms with Crippen LogP contribution >= 0.6 is 12.2 Å². The minimum Gasteiger partial charge on any atom is -0.493 e. The average Bonchev–Trinajstić information content (AvgIpc) is 3.81. The first kappa shape index (κ1) is 37.2. The number of methoxy groups -OCH3 is 4. The molecule has 256 valence electrons. The number of carboxylic acid groups (broad SMARTS) is 1. The highest BCUT2D eigenvalue weighted by atomic mass is 32.1. The van der Waals surface area contributed by atoms with E-state index in [9.17, 15) is 9.59 Å². The number of benzene rings is 2. The van der Waals surface area contributed by atoms with Gasteiger partial charge in [-0.3, -0.25) is 9.36 Å². The number of nitrogens with two attached hydrogens (primary N) is 1. The Kier molecular flexibility index (Phi) is 14.5. The fourth-order valence-electron chi connectivity index (χ4n) is 4.43. The number of ether oxygens (including phenoxy) is 4. The molecule has 0 saturated heterocycles. The Labute approximate surface area is 287 Å². The zero-order chi connectivity index (χ0) is 35.1. The van der Waals surface area contributed by atoms with Crippen LogP contribution < -0.4 is 30.2 Å². The summed E-state index contributed by atoms with van der Waals surface area (Å²) in [5.74, 6) is 0.725. The van der Waals surface area contributed by atoms with Crippen LogP contribution in [0.5, 0.6) is 23.0 Å². The number of aromatic nitrogens is 6. The van der Waals surface area contributed by atoms with Crippen molar-refractivity contribution < 1.29 is 28.8 Å². The molecule has 0 unspecified atom stereocenters. The van der Waals surface area contributed by atoms with E-state index in [1.54, 1.807) is 56.0 Å². The summed E-state index contributed by atoms with van der Waals surface area (Å²) >= 11 is 9.78. The van der Waals surface area contributed by atoms with Gasteiger partial charge in [-0.05, 0) is 31.1 Å². The third kappa shape index (κ3) is 10.1. The van der Waals surface area contributed by atoms with Crippen molar-refractivity contribution >= 4 is 47.2 Å². The second-order valence-corrected chi connectivity index (χ2v) is 10.5. The van der Waals surface area contributed by atoms with Crippen LogP contribution in [-0.2, 0) is 32.1 Å². The predicted octanol–water partition coefficient (Wildman–Crippen LogP) is 4.35. The minimum atomic E-state index is -1.09. The Morgan fingerprint density at radius 3 is 1.94 bits per heavy atom. The van der Waals surface area contributed by atoms with Gasteiger partial charge in [0.15, 0.2) is 27.8 Å². The smallest absolute Gasteiger partial charge is 0.337 e. The number of aryl methyl sites for hydroxylation is 2. The molecule has 0 fully saturated rings. The van der Waals surface area contributed by atoms with E-state index in [-0.39, 0.29) is 16.8 Å². The Balaban J connectivity index is 0.000000220. The quantitative estimate of drug-likeness (QED) is 0.0898. The van der Waals surface area contributed by atoms with Crippen molar-refractivity contribution in [3.63, 3.8) is 0 Å². The third-order valence-electron chi connectivity index (χ3n) is 6.85. The predicted molar refractivity (Wildman–Crippen MR) is 186 cm³/mol. The Morgan fingerprint density at radius 2 is 1.42 bits per heavy atom. The number of nitrogen functional groups attached to an aromatic ring is 1. The van der Waals surface area contributed by atoms with Crippen molar-refractivity contribution in [2.24, 2.45) is 4.36 Å². The zero-order valence-electron chi connectivity index (χ0n) is 27.0. The van der Waals surface area contributed by atoms with Crippen LogP contribution in [0.2, 0.25) is 0 Å². The van der Waals surface area contributed by atoms with Gasteiger partial charge in [-0.25, -0.2) is 19.1 Å². The highest BCUT2D eigenvalue weighted by Crippen LogP contribution is 2.32. The van der Waals surface area contributed by atoms with Gasteiger partial charge < -0.3 is 43.9 Å². The lowest BCUT2D eigenvalue weighted by Gasteiger charge is -2.11. The normalized spacial score (nSPS) is 10.2. The number of anilines is 1. The number of carboxylic acids is 1. The first-order valence-corrected chi connectivity index (χ1v) is 15.3. The number of aromatic carboxylic acids is 1. The van der Waals surface area contributed by atoms with Gasteiger partial charge in [0.25, 0.3) is 5.56 Å². The molecule has 0 aliphatic rings. The summed E-state index contributed by atoms with van der Waals surface area (Å²) in [5, 5.41) is 9.29. The molecule has 0 bridgehead atoms. The van der Waals surface area contributed by atoms with Gasteiger partial charge in [0.05, 0.1) is 69.8 Å². The number of fused-ring (bicyclic) bond motifs is 1. The fraction of sp³-hybridized carbons (Fsp3) is 0.323. The maximum atomic E-state index is 12.8. The van der Waals surface area contributed by atoms with Gasteiger partial charge in [0.2, 0.25) is 0 Å². The molecule has 3 aromatic heterocycles. The zero-order valence-corrected chi connectivity index (χ0v) is 28.6. The molecule has 0 amide bonds. The minimum absolute atomic E-state index is 0.00245. The summed E-state index contributed by atoms with van der Waals surface area (Å²) in [6, 6.07) is 6.15. The number of rotatable bonds is 13. The largest absolute Gasteiger partial charge is 0.493 e. The van der Waals surface area contributed by atoms with Crippen LogP contribution in [0.25, 0.3) is 10.9 Å². The van der Waals surface area contributed by atoms with Gasteiger partial charge in [-0.15, -0.1) is 0 Å². The highest BCUT2D eigenvalue weighted by molar-refractivity contribution is 7.71. The summed E-state index contributed by atoms with van der Waals surface area (Å²) in [6.45, 7) is 3.01. The van der Waals surface area contributed by atoms with Gasteiger partial charge in [-0.2, -0.15) is 0 Å². The van der Waals surface area contributed by atoms with Crippen molar-refractivity contribution in [3.8, 4) is 23.0 Å². The number of H-pyrrole nitrogens is 1. The summed E-state index contributed by atoms with van der Waals surface area (Å²) in [5.41, 5.74) is 6.15. The molecule has 3 heterocycles. The third-order valence-corrected chi connectivity index (χ3v) is 7.36. The van der Waals surface area contributed by atoms with E-state index >= 15 is 0 Å². The molecule has 48 heavy (non-hydrogen) atoms. The van der Waals surface area contributed by atoms with Gasteiger partial charge in [0.1, 0.15) is 0 Å². The first-order chi connectivity index (χ1) is 23.2. The molecule has 5 aromatic rings. The van der Waals surface area contributed by atoms with Crippen molar-refractivity contribution in [1.29, 1.82) is 0 Å². The maximum Gasteiger partial charge on any atom is 0.337 e. The van der Waals surface area contributed by atoms with Crippen molar-refractivity contribution in [2.45, 2.75) is 32.5 Å². The maximum absolute atomic E-state index is 12.8. The standard InChI is InChI=1S/C16H18N4O3S.C9H11NO4.C6H9N3S/c1-22-13-8-11-12(9-14(13)23-2)18-16(24)20(15(11)21)6-3-5-19-7-4-17-10-19;1-13-7-3-5(9(11)12)6(10)4-8(7)14-2;10-8-2-1-4-9-5-3-7-6-9/h4,7-10H,3,5-6H2,1-2H3,(H,18,24);3-4H,10H2,1-2H3,(H,11,12);3,5-6H,1-2,4H2. The summed E-state index contributed by atoms with van der Waals surface area (Å²) in [7, 11) is 5.98. The van der Waals surface area contributed by atoms with Crippen LogP contribution in [0, 0.1) is 4.77 Å². The van der Waals surface area contributed by atoms with Crippen LogP contribution in [-0.4, -0.2) is 74.7 Å². The van der Waals surface area contributed by atoms with E-state index in [1.165, 1.54) is 26.4 Å². The second-order valence-electron chi connectivity index (χ2n) is 9.90. The van der Waals surface area contributed by atoms with Crippen LogP contribution in [0.3, 0.4) is 0 Å². The van der Waals surface area contributed by atoms with Crippen LogP contribution in [0.1, 0.15) is 23.2 Å². The van der Waals surface area contributed by atoms with Crippen molar-refractivity contribution in [2.75, 3.05) is 40.7 Å². The number of hydrogen-bond donors (Lipinski definition) is 3. The highest BCUT2D eigenvalue weighted by Gasteiger charge is 2.14. The van der Waals surface area contributed by atoms with Crippen LogP contribution in [0.15, 0.2) is 70.9 Å². The monoisotopic (exact) mass is 698 g/mol. The Bertz CT molecular complexity index is 1890. The molecule has 0 saturated carbocycles. The molecule has 17 heteroatoms. The summed E-state index contributed by atoms with van der Waals surface area (Å²) < 4.78 is 30.0. The first-order valence-electron chi connectivity index (χ1n) is 14.5. The van der Waals surface area contributed by atoms with Gasteiger partial charge >= 0.3 is 5.97 Å². The molecular formula is C31H38N8O7S2. The lowest BCUT2D eigenvalue weighted by atomic mass is 10.1. The lowest BCUT2D eigenvalue weighted by Crippen LogP contribution is -2.23. The SMILES string of the molecule is COc1cc(N)c(C(=O)O)cc1OC.COc1cc2[nH]c(=S)n(CCCn3ccnc3)c(=O)c2cc1OC.S=NCCCn1ccnc1. The number of nitrogens with one attached hydrogen (secondary N) is 1. The molecule has 0 aliphatic heterocycles.